The Morgan fingerprint density at radius 2 is 1.71 bits per heavy atom. The van der Waals surface area contributed by atoms with Crippen molar-refractivity contribution in [3.8, 4) is 0 Å². The summed E-state index contributed by atoms with van der Waals surface area (Å²) in [7, 11) is -3.57. The third-order valence-electron chi connectivity index (χ3n) is 4.36. The summed E-state index contributed by atoms with van der Waals surface area (Å²) in [5, 5.41) is 9.98. The van der Waals surface area contributed by atoms with Crippen molar-refractivity contribution in [1.82, 2.24) is 4.31 Å². The van der Waals surface area contributed by atoms with E-state index in [-0.39, 0.29) is 0 Å². The molecule has 0 radical (unpaired) electrons. The molecule has 1 aromatic carbocycles. The van der Waals surface area contributed by atoms with Crippen molar-refractivity contribution in [2.75, 3.05) is 18.8 Å². The number of hydrogen-bond acceptors (Lipinski definition) is 4. The van der Waals surface area contributed by atoms with Gasteiger partial charge in [-0.1, -0.05) is 6.07 Å². The fourth-order valence-corrected chi connectivity index (χ4v) is 4.80. The maximum Gasteiger partial charge on any atom is 0.243 e. The summed E-state index contributed by atoms with van der Waals surface area (Å²) < 4.78 is 27.2. The highest BCUT2D eigenvalue weighted by atomic mass is 32.2. The number of nitrogens with two attached hydrogens (primary N) is 1. The highest BCUT2D eigenvalue weighted by Gasteiger charge is 2.35. The minimum Gasteiger partial charge on any atom is -0.398 e. The van der Waals surface area contributed by atoms with Gasteiger partial charge in [-0.2, -0.15) is 4.31 Å². The summed E-state index contributed by atoms with van der Waals surface area (Å²) in [4.78, 5) is 0.312. The van der Waals surface area contributed by atoms with Crippen LogP contribution in [-0.2, 0) is 10.0 Å². The van der Waals surface area contributed by atoms with Crippen LogP contribution in [0.5, 0.6) is 0 Å². The third-order valence-corrected chi connectivity index (χ3v) is 6.55. The summed E-state index contributed by atoms with van der Waals surface area (Å²) in [6.45, 7) is 7.85. The number of hydrogen-bond donors (Lipinski definition) is 2. The molecule has 0 aromatic heterocycles. The number of aryl methyl sites for hydroxylation is 2. The number of benzene rings is 1. The normalized spacial score (nSPS) is 19.7. The van der Waals surface area contributed by atoms with E-state index in [2.05, 4.69) is 0 Å². The van der Waals surface area contributed by atoms with E-state index in [4.69, 9.17) is 5.73 Å². The van der Waals surface area contributed by atoms with Crippen LogP contribution < -0.4 is 5.73 Å². The standard InChI is InChI=1S/C15H24N2O3S/c1-10-9-11(2)14(12(3)13(10)16)21(19,20)17-7-5-15(4,18)6-8-17/h9,18H,5-8,16H2,1-4H3. The van der Waals surface area contributed by atoms with Gasteiger partial charge in [-0.25, -0.2) is 8.42 Å². The molecule has 2 rings (SSSR count). The molecule has 5 nitrogen and oxygen atoms in total. The second-order valence-electron chi connectivity index (χ2n) is 6.28. The summed E-state index contributed by atoms with van der Waals surface area (Å²) in [5.74, 6) is 0. The minimum absolute atomic E-state index is 0.312. The second-order valence-corrected chi connectivity index (χ2v) is 8.15. The first-order valence-corrected chi connectivity index (χ1v) is 8.59. The van der Waals surface area contributed by atoms with Gasteiger partial charge in [0.25, 0.3) is 0 Å². The van der Waals surface area contributed by atoms with Gasteiger partial charge in [0.2, 0.25) is 10.0 Å². The van der Waals surface area contributed by atoms with Crippen molar-refractivity contribution in [3.05, 3.63) is 22.8 Å². The van der Waals surface area contributed by atoms with Crippen LogP contribution in [0, 0.1) is 20.8 Å². The molecule has 0 spiro atoms. The molecule has 0 aliphatic carbocycles. The lowest BCUT2D eigenvalue weighted by Gasteiger charge is -2.35. The Labute approximate surface area is 126 Å². The first kappa shape index (κ1) is 16.3. The summed E-state index contributed by atoms with van der Waals surface area (Å²) in [6.07, 6.45) is 0.900. The number of nitrogen functional groups attached to an aromatic ring is 1. The molecule has 0 atom stereocenters. The molecule has 1 aliphatic rings. The van der Waals surface area contributed by atoms with Crippen LogP contribution >= 0.6 is 0 Å². The van der Waals surface area contributed by atoms with E-state index in [1.54, 1.807) is 20.8 Å². The molecule has 1 aliphatic heterocycles. The number of piperidine rings is 1. The SMILES string of the molecule is Cc1cc(C)c(S(=O)(=O)N2CCC(C)(O)CC2)c(C)c1N. The van der Waals surface area contributed by atoms with Crippen LogP contribution in [-0.4, -0.2) is 36.5 Å². The number of sulfonamides is 1. The van der Waals surface area contributed by atoms with E-state index in [0.29, 0.717) is 42.1 Å². The maximum absolute atomic E-state index is 12.9. The Balaban J connectivity index is 2.44. The van der Waals surface area contributed by atoms with E-state index in [0.717, 1.165) is 11.1 Å². The van der Waals surface area contributed by atoms with E-state index in [1.807, 2.05) is 13.0 Å². The van der Waals surface area contributed by atoms with Gasteiger partial charge in [-0.15, -0.1) is 0 Å². The number of nitrogens with zero attached hydrogens (tertiary/aromatic N) is 1. The Hall–Kier alpha value is -1.11. The zero-order valence-electron chi connectivity index (χ0n) is 13.1. The molecule has 0 unspecified atom stereocenters. The molecule has 3 N–H and O–H groups in total. The van der Waals surface area contributed by atoms with Gasteiger partial charge >= 0.3 is 0 Å². The average molecular weight is 312 g/mol. The number of aliphatic hydroxyl groups is 1. The molecule has 1 fully saturated rings. The Kier molecular flexibility index (Phi) is 4.08. The van der Waals surface area contributed by atoms with E-state index >= 15 is 0 Å². The predicted molar refractivity (Wildman–Crippen MR) is 83.7 cm³/mol. The zero-order valence-corrected chi connectivity index (χ0v) is 13.9. The van der Waals surface area contributed by atoms with Gasteiger partial charge in [0.05, 0.1) is 10.5 Å². The first-order chi connectivity index (χ1) is 9.56. The van der Waals surface area contributed by atoms with Gasteiger partial charge in [0.1, 0.15) is 0 Å². The van der Waals surface area contributed by atoms with Gasteiger partial charge in [-0.05, 0) is 57.2 Å². The monoisotopic (exact) mass is 312 g/mol. The number of rotatable bonds is 2. The summed E-state index contributed by atoms with van der Waals surface area (Å²) in [6, 6.07) is 1.81. The largest absolute Gasteiger partial charge is 0.398 e. The Bertz CT molecular complexity index is 656. The van der Waals surface area contributed by atoms with Crippen LogP contribution in [0.3, 0.4) is 0 Å². The van der Waals surface area contributed by atoms with Crippen LogP contribution in [0.4, 0.5) is 5.69 Å². The minimum atomic E-state index is -3.57. The molecular formula is C15H24N2O3S. The lowest BCUT2D eigenvalue weighted by molar-refractivity contribution is 0.0126. The fourth-order valence-electron chi connectivity index (χ4n) is 2.92. The van der Waals surface area contributed by atoms with Crippen molar-refractivity contribution in [2.24, 2.45) is 0 Å². The van der Waals surface area contributed by atoms with Gasteiger partial charge < -0.3 is 10.8 Å². The van der Waals surface area contributed by atoms with Gasteiger partial charge in [0, 0.05) is 18.8 Å². The molecule has 1 saturated heterocycles. The van der Waals surface area contributed by atoms with Crippen LogP contribution in [0.25, 0.3) is 0 Å². The molecule has 0 saturated carbocycles. The molecule has 1 heterocycles. The smallest absolute Gasteiger partial charge is 0.243 e. The van der Waals surface area contributed by atoms with Crippen molar-refractivity contribution in [2.45, 2.75) is 51.0 Å². The fraction of sp³-hybridized carbons (Fsp3) is 0.600. The zero-order chi connectivity index (χ0) is 16.0. The summed E-state index contributed by atoms with van der Waals surface area (Å²) >= 11 is 0. The summed E-state index contributed by atoms with van der Waals surface area (Å²) in [5.41, 5.74) is 7.98. The lowest BCUT2D eigenvalue weighted by Crippen LogP contribution is -2.45. The average Bonchev–Trinajstić information content (AvgIpc) is 2.35. The third kappa shape index (κ3) is 2.93. The molecular weight excluding hydrogens is 288 g/mol. The van der Waals surface area contributed by atoms with Crippen LogP contribution in [0.2, 0.25) is 0 Å². The molecule has 21 heavy (non-hydrogen) atoms. The van der Waals surface area contributed by atoms with E-state index in [1.165, 1.54) is 4.31 Å². The van der Waals surface area contributed by atoms with Crippen molar-refractivity contribution in [3.63, 3.8) is 0 Å². The van der Waals surface area contributed by atoms with Crippen molar-refractivity contribution in [1.29, 1.82) is 0 Å². The van der Waals surface area contributed by atoms with Crippen molar-refractivity contribution >= 4 is 15.7 Å². The van der Waals surface area contributed by atoms with E-state index < -0.39 is 15.6 Å². The Morgan fingerprint density at radius 1 is 1.19 bits per heavy atom. The molecule has 0 bridgehead atoms. The molecule has 0 amide bonds. The predicted octanol–water partition coefficient (Wildman–Crippen LogP) is 1.73. The molecule has 6 heteroatoms. The van der Waals surface area contributed by atoms with Crippen LogP contribution in [0.15, 0.2) is 11.0 Å². The van der Waals surface area contributed by atoms with Gasteiger partial charge in [0.15, 0.2) is 0 Å². The second kappa shape index (κ2) is 5.26. The molecule has 1 aromatic rings. The van der Waals surface area contributed by atoms with Gasteiger partial charge in [-0.3, -0.25) is 0 Å². The highest BCUT2D eigenvalue weighted by Crippen LogP contribution is 2.32. The maximum atomic E-state index is 12.9. The van der Waals surface area contributed by atoms with Crippen LogP contribution in [0.1, 0.15) is 36.5 Å². The number of anilines is 1. The topological polar surface area (TPSA) is 83.6 Å². The van der Waals surface area contributed by atoms with Crippen molar-refractivity contribution < 1.29 is 13.5 Å². The quantitative estimate of drug-likeness (QED) is 0.815. The first-order valence-electron chi connectivity index (χ1n) is 7.15. The molecule has 118 valence electrons. The lowest BCUT2D eigenvalue weighted by atomic mass is 9.95. The highest BCUT2D eigenvalue weighted by molar-refractivity contribution is 7.89. The Morgan fingerprint density at radius 3 is 2.24 bits per heavy atom. The van der Waals surface area contributed by atoms with E-state index in [9.17, 15) is 13.5 Å².